The molecule has 0 bridgehead atoms. The zero-order chi connectivity index (χ0) is 18.0. The van der Waals surface area contributed by atoms with Crippen molar-refractivity contribution in [2.75, 3.05) is 6.54 Å². The third-order valence-electron chi connectivity index (χ3n) is 3.65. The van der Waals surface area contributed by atoms with Crippen molar-refractivity contribution in [3.05, 3.63) is 59.4 Å². The van der Waals surface area contributed by atoms with E-state index in [0.717, 1.165) is 5.56 Å². The van der Waals surface area contributed by atoms with E-state index in [1.165, 1.54) is 18.2 Å². The monoisotopic (exact) mass is 349 g/mol. The van der Waals surface area contributed by atoms with Crippen molar-refractivity contribution < 1.29 is 23.1 Å². The molecule has 130 valence electrons. The van der Waals surface area contributed by atoms with Crippen molar-refractivity contribution >= 4 is 16.9 Å². The van der Waals surface area contributed by atoms with Gasteiger partial charge in [-0.15, -0.1) is 0 Å². The lowest BCUT2D eigenvalue weighted by atomic mass is 10.1. The molecule has 3 aromatic rings. The fourth-order valence-electron chi connectivity index (χ4n) is 2.37. The first-order chi connectivity index (χ1) is 11.8. The van der Waals surface area contributed by atoms with Crippen LogP contribution < -0.4 is 5.32 Å². The van der Waals surface area contributed by atoms with Crippen LogP contribution in [-0.4, -0.2) is 27.5 Å². The van der Waals surface area contributed by atoms with Crippen molar-refractivity contribution in [3.63, 3.8) is 0 Å². The Morgan fingerprint density at radius 1 is 1.16 bits per heavy atom. The van der Waals surface area contributed by atoms with Crippen LogP contribution in [0.1, 0.15) is 21.7 Å². The van der Waals surface area contributed by atoms with Gasteiger partial charge < -0.3 is 15.4 Å². The van der Waals surface area contributed by atoms with E-state index in [9.17, 15) is 23.1 Å². The summed E-state index contributed by atoms with van der Waals surface area (Å²) in [4.78, 5) is 17.8. The highest BCUT2D eigenvalue weighted by Crippen LogP contribution is 2.28. The van der Waals surface area contributed by atoms with Crippen LogP contribution in [-0.2, 0) is 12.6 Å². The average molecular weight is 349 g/mol. The predicted molar refractivity (Wildman–Crippen MR) is 85.2 cm³/mol. The maximum absolute atomic E-state index is 12.6. The summed E-state index contributed by atoms with van der Waals surface area (Å²) in [5.41, 5.74) is 1.49. The van der Waals surface area contributed by atoms with E-state index < -0.39 is 12.0 Å². The second-order valence-electron chi connectivity index (χ2n) is 5.49. The molecule has 0 atom stereocenters. The molecule has 0 spiro atoms. The number of amides is 1. The molecule has 1 aromatic heterocycles. The predicted octanol–water partition coefficient (Wildman–Crippen LogP) is 3.26. The van der Waals surface area contributed by atoms with Gasteiger partial charge in [0.05, 0.1) is 11.0 Å². The fourth-order valence-corrected chi connectivity index (χ4v) is 2.37. The molecule has 0 aliphatic rings. The van der Waals surface area contributed by atoms with Gasteiger partial charge in [-0.25, -0.2) is 4.98 Å². The fraction of sp³-hybridized carbons (Fsp3) is 0.176. The third-order valence-corrected chi connectivity index (χ3v) is 3.65. The number of hydrogen-bond donors (Lipinski definition) is 3. The number of aromatic amines is 1. The van der Waals surface area contributed by atoms with Crippen molar-refractivity contribution in [2.24, 2.45) is 0 Å². The van der Waals surface area contributed by atoms with Crippen LogP contribution in [0.2, 0.25) is 0 Å². The quantitative estimate of drug-likeness (QED) is 0.677. The van der Waals surface area contributed by atoms with Crippen LogP contribution in [0.3, 0.4) is 0 Å². The Labute approximate surface area is 140 Å². The zero-order valence-electron chi connectivity index (χ0n) is 12.9. The lowest BCUT2D eigenvalue weighted by Crippen LogP contribution is -2.25. The second kappa shape index (κ2) is 6.46. The molecule has 8 heteroatoms. The van der Waals surface area contributed by atoms with Gasteiger partial charge in [-0.2, -0.15) is 13.2 Å². The molecule has 25 heavy (non-hydrogen) atoms. The Bertz CT molecular complexity index is 902. The van der Waals surface area contributed by atoms with Crippen molar-refractivity contribution in [1.82, 2.24) is 15.3 Å². The Morgan fingerprint density at radius 2 is 1.88 bits per heavy atom. The molecule has 0 saturated carbocycles. The highest BCUT2D eigenvalue weighted by molar-refractivity contribution is 5.97. The number of carbonyl (C=O) groups is 1. The summed E-state index contributed by atoms with van der Waals surface area (Å²) < 4.78 is 37.9. The number of H-pyrrole nitrogens is 1. The molecule has 0 saturated heterocycles. The molecule has 0 unspecified atom stereocenters. The Hall–Kier alpha value is -3.03. The number of aromatic hydroxyl groups is 1. The number of nitrogens with zero attached hydrogens (tertiary/aromatic N) is 1. The molecule has 3 rings (SSSR count). The maximum atomic E-state index is 12.6. The normalized spacial score (nSPS) is 11.6. The van der Waals surface area contributed by atoms with Gasteiger partial charge in [-0.1, -0.05) is 12.1 Å². The Balaban J connectivity index is 1.66. The molecule has 0 aliphatic carbocycles. The van der Waals surface area contributed by atoms with E-state index in [-0.39, 0.29) is 28.3 Å². The highest BCUT2D eigenvalue weighted by atomic mass is 19.4. The summed E-state index contributed by atoms with van der Waals surface area (Å²) >= 11 is 0. The Morgan fingerprint density at radius 3 is 2.56 bits per heavy atom. The van der Waals surface area contributed by atoms with Crippen molar-refractivity contribution in [2.45, 2.75) is 12.6 Å². The summed E-state index contributed by atoms with van der Waals surface area (Å²) in [6.07, 6.45) is -4.00. The largest absolute Gasteiger partial charge is 0.508 e. The number of halogens is 3. The maximum Gasteiger partial charge on any atom is 0.449 e. The lowest BCUT2D eigenvalue weighted by molar-refractivity contribution is -0.144. The standard InChI is InChI=1S/C17H14F3N3O2/c18-17(19,20)16-22-13-6-3-11(9-14(13)23-16)15(25)21-8-7-10-1-4-12(24)5-2-10/h1-6,9,24H,7-8H2,(H,21,25)(H,22,23). The summed E-state index contributed by atoms with van der Waals surface area (Å²) in [6.45, 7) is 0.360. The molecule has 2 aromatic carbocycles. The third kappa shape index (κ3) is 3.90. The minimum absolute atomic E-state index is 0.146. The zero-order valence-corrected chi connectivity index (χ0v) is 12.9. The molecule has 0 fully saturated rings. The number of hydrogen-bond acceptors (Lipinski definition) is 3. The van der Waals surface area contributed by atoms with Gasteiger partial charge in [0, 0.05) is 12.1 Å². The van der Waals surface area contributed by atoms with Gasteiger partial charge in [0.15, 0.2) is 0 Å². The second-order valence-corrected chi connectivity index (χ2v) is 5.49. The van der Waals surface area contributed by atoms with E-state index in [1.807, 2.05) is 0 Å². The summed E-state index contributed by atoms with van der Waals surface area (Å²) in [6, 6.07) is 10.7. The average Bonchev–Trinajstić information content (AvgIpc) is 3.00. The first-order valence-corrected chi connectivity index (χ1v) is 7.46. The topological polar surface area (TPSA) is 78.0 Å². The number of alkyl halides is 3. The van der Waals surface area contributed by atoms with Gasteiger partial charge in [0.1, 0.15) is 5.75 Å². The van der Waals surface area contributed by atoms with Crippen LogP contribution >= 0.6 is 0 Å². The molecule has 3 N–H and O–H groups in total. The molecule has 0 aliphatic heterocycles. The Kier molecular flexibility index (Phi) is 4.35. The van der Waals surface area contributed by atoms with E-state index >= 15 is 0 Å². The number of rotatable bonds is 4. The van der Waals surface area contributed by atoms with Crippen LogP contribution in [0, 0.1) is 0 Å². The lowest BCUT2D eigenvalue weighted by Gasteiger charge is -2.06. The van der Waals surface area contributed by atoms with Gasteiger partial charge in [0.2, 0.25) is 5.82 Å². The number of phenols is 1. The number of carbonyl (C=O) groups excluding carboxylic acids is 1. The molecule has 0 radical (unpaired) electrons. The first kappa shape index (κ1) is 16.8. The number of aromatic nitrogens is 2. The van der Waals surface area contributed by atoms with Crippen molar-refractivity contribution in [3.8, 4) is 5.75 Å². The van der Waals surface area contributed by atoms with E-state index in [1.54, 1.807) is 24.3 Å². The molecule has 1 amide bonds. The van der Waals surface area contributed by atoms with Gasteiger partial charge in [-0.05, 0) is 42.3 Å². The molecule has 1 heterocycles. The van der Waals surface area contributed by atoms with Crippen LogP contribution in [0.4, 0.5) is 13.2 Å². The van der Waals surface area contributed by atoms with Gasteiger partial charge in [-0.3, -0.25) is 4.79 Å². The minimum atomic E-state index is -4.56. The molecule has 5 nitrogen and oxygen atoms in total. The number of fused-ring (bicyclic) bond motifs is 1. The first-order valence-electron chi connectivity index (χ1n) is 7.46. The number of phenolic OH excluding ortho intramolecular Hbond substituents is 1. The van der Waals surface area contributed by atoms with Crippen LogP contribution in [0.15, 0.2) is 42.5 Å². The number of nitrogens with one attached hydrogen (secondary N) is 2. The summed E-state index contributed by atoms with van der Waals surface area (Å²) in [5, 5.41) is 11.9. The highest BCUT2D eigenvalue weighted by Gasteiger charge is 2.34. The van der Waals surface area contributed by atoms with Crippen LogP contribution in [0.25, 0.3) is 11.0 Å². The SMILES string of the molecule is O=C(NCCc1ccc(O)cc1)c1ccc2nc(C(F)(F)F)[nH]c2c1. The molecular formula is C17H14F3N3O2. The van der Waals surface area contributed by atoms with Gasteiger partial charge >= 0.3 is 6.18 Å². The van der Waals surface area contributed by atoms with Crippen molar-refractivity contribution in [1.29, 1.82) is 0 Å². The number of benzene rings is 2. The van der Waals surface area contributed by atoms with E-state index in [4.69, 9.17) is 0 Å². The smallest absolute Gasteiger partial charge is 0.449 e. The summed E-state index contributed by atoms with van der Waals surface area (Å²) in [7, 11) is 0. The van der Waals surface area contributed by atoms with E-state index in [0.29, 0.717) is 13.0 Å². The minimum Gasteiger partial charge on any atom is -0.508 e. The van der Waals surface area contributed by atoms with Gasteiger partial charge in [0.25, 0.3) is 5.91 Å². The van der Waals surface area contributed by atoms with Crippen LogP contribution in [0.5, 0.6) is 5.75 Å². The summed E-state index contributed by atoms with van der Waals surface area (Å²) in [5.74, 6) is -1.31. The molecular weight excluding hydrogens is 335 g/mol. The van der Waals surface area contributed by atoms with E-state index in [2.05, 4.69) is 15.3 Å². The number of imidazole rings is 1.